The summed E-state index contributed by atoms with van der Waals surface area (Å²) < 4.78 is 44.1. The summed E-state index contributed by atoms with van der Waals surface area (Å²) in [7, 11) is 0. The predicted molar refractivity (Wildman–Crippen MR) is 39.7 cm³/mol. The van der Waals surface area contributed by atoms with E-state index >= 15 is 0 Å². The van der Waals surface area contributed by atoms with Crippen molar-refractivity contribution in [3.8, 4) is 0 Å². The van der Waals surface area contributed by atoms with Gasteiger partial charge in [0, 0.05) is 17.2 Å². The van der Waals surface area contributed by atoms with E-state index in [0.717, 1.165) is 0 Å². The van der Waals surface area contributed by atoms with Gasteiger partial charge in [-0.2, -0.15) is 0 Å². The van der Waals surface area contributed by atoms with Gasteiger partial charge in [0.05, 0.1) is 13.3 Å². The van der Waals surface area contributed by atoms with Crippen LogP contribution < -0.4 is 0 Å². The summed E-state index contributed by atoms with van der Waals surface area (Å²) in [4.78, 5) is 0. The second-order valence-electron chi connectivity index (χ2n) is 2.44. The molecule has 12 heavy (non-hydrogen) atoms. The molecule has 3 nitrogen and oxygen atoms in total. The molecule has 0 aromatic rings. The lowest BCUT2D eigenvalue weighted by molar-refractivity contribution is 0.00964. The standard InChI is InChI=1S/C5H8ClF2O3P/c6-12(9)10-3-4(1-7)5(2-8)11-12/h4-5H,1-3H2. The van der Waals surface area contributed by atoms with Crippen molar-refractivity contribution in [1.29, 1.82) is 0 Å². The summed E-state index contributed by atoms with van der Waals surface area (Å²) in [6, 6.07) is 0. The van der Waals surface area contributed by atoms with Crippen LogP contribution in [0.3, 0.4) is 0 Å². The lowest BCUT2D eigenvalue weighted by atomic mass is 10.1. The molecule has 1 saturated heterocycles. The zero-order chi connectivity index (χ0) is 9.19. The Morgan fingerprint density at radius 1 is 1.50 bits per heavy atom. The molecule has 0 amide bonds. The number of hydrogen-bond donors (Lipinski definition) is 0. The molecule has 3 atom stereocenters. The molecule has 0 aromatic heterocycles. The first-order valence-electron chi connectivity index (χ1n) is 3.33. The maximum Gasteiger partial charge on any atom is 0.424 e. The van der Waals surface area contributed by atoms with Gasteiger partial charge < -0.3 is 0 Å². The van der Waals surface area contributed by atoms with Crippen LogP contribution in [-0.4, -0.2) is 26.1 Å². The Morgan fingerprint density at radius 2 is 2.17 bits per heavy atom. The molecule has 1 heterocycles. The summed E-state index contributed by atoms with van der Waals surface area (Å²) in [6.45, 7) is -5.49. The van der Waals surface area contributed by atoms with Crippen LogP contribution in [0.4, 0.5) is 8.78 Å². The van der Waals surface area contributed by atoms with Crippen LogP contribution in [0.5, 0.6) is 0 Å². The summed E-state index contributed by atoms with van der Waals surface area (Å²) in [5.41, 5.74) is 0. The zero-order valence-electron chi connectivity index (χ0n) is 6.08. The Bertz CT molecular complexity index is 203. The van der Waals surface area contributed by atoms with Gasteiger partial charge in [0.2, 0.25) is 0 Å². The molecule has 0 aromatic carbocycles. The van der Waals surface area contributed by atoms with Gasteiger partial charge in [-0.15, -0.1) is 0 Å². The third-order valence-electron chi connectivity index (χ3n) is 1.58. The molecule has 0 spiro atoms. The minimum absolute atomic E-state index is 0.161. The maximum absolute atomic E-state index is 12.1. The molecule has 0 N–H and O–H groups in total. The molecule has 1 fully saturated rings. The van der Waals surface area contributed by atoms with Crippen molar-refractivity contribution >= 4 is 18.2 Å². The summed E-state index contributed by atoms with van der Waals surface area (Å²) in [5, 5.41) is 0. The summed E-state index contributed by atoms with van der Waals surface area (Å²) >= 11 is 5.19. The molecule has 0 saturated carbocycles. The van der Waals surface area contributed by atoms with Crippen LogP contribution in [0.15, 0.2) is 0 Å². The second-order valence-corrected chi connectivity index (χ2v) is 5.01. The monoisotopic (exact) mass is 220 g/mol. The Hall–Kier alpha value is 0.300. The van der Waals surface area contributed by atoms with Gasteiger partial charge in [-0.1, -0.05) is 0 Å². The zero-order valence-corrected chi connectivity index (χ0v) is 7.73. The Morgan fingerprint density at radius 3 is 2.67 bits per heavy atom. The first kappa shape index (κ1) is 10.4. The molecule has 1 rings (SSSR count). The molecule has 72 valence electrons. The average molecular weight is 221 g/mol. The molecule has 1 aliphatic heterocycles. The molecule has 1 aliphatic rings. The van der Waals surface area contributed by atoms with Crippen molar-refractivity contribution in [3.05, 3.63) is 0 Å². The van der Waals surface area contributed by atoms with Crippen LogP contribution in [0, 0.1) is 5.92 Å². The second kappa shape index (κ2) is 4.01. The van der Waals surface area contributed by atoms with E-state index in [9.17, 15) is 13.3 Å². The van der Waals surface area contributed by atoms with Gasteiger partial charge in [-0.05, 0) is 0 Å². The number of rotatable bonds is 2. The average Bonchev–Trinajstić information content (AvgIpc) is 2.03. The van der Waals surface area contributed by atoms with Crippen LogP contribution in [-0.2, 0) is 13.6 Å². The SMILES string of the molecule is O=P1(Cl)OCC(CF)C(CF)O1. The van der Waals surface area contributed by atoms with Crippen molar-refractivity contribution in [2.45, 2.75) is 6.10 Å². The van der Waals surface area contributed by atoms with E-state index in [4.69, 9.17) is 11.2 Å². The largest absolute Gasteiger partial charge is 0.424 e. The van der Waals surface area contributed by atoms with Crippen molar-refractivity contribution in [2.24, 2.45) is 5.92 Å². The van der Waals surface area contributed by atoms with Gasteiger partial charge in [-0.25, -0.2) is 8.96 Å². The quantitative estimate of drug-likeness (QED) is 0.670. The van der Waals surface area contributed by atoms with Crippen LogP contribution in [0.1, 0.15) is 0 Å². The van der Waals surface area contributed by atoms with E-state index < -0.39 is 32.3 Å². The Balaban J connectivity index is 2.59. The molecule has 7 heteroatoms. The highest BCUT2D eigenvalue weighted by Crippen LogP contribution is 2.58. The third kappa shape index (κ3) is 2.39. The van der Waals surface area contributed by atoms with Crippen molar-refractivity contribution in [1.82, 2.24) is 0 Å². The molecule has 3 unspecified atom stereocenters. The van der Waals surface area contributed by atoms with Crippen molar-refractivity contribution in [2.75, 3.05) is 20.0 Å². The lowest BCUT2D eigenvalue weighted by Gasteiger charge is -2.29. The molecule has 0 bridgehead atoms. The first-order chi connectivity index (χ1) is 5.59. The van der Waals surface area contributed by atoms with Crippen molar-refractivity contribution < 1.29 is 22.4 Å². The lowest BCUT2D eigenvalue weighted by Crippen LogP contribution is -2.33. The molecular formula is C5H8ClF2O3P. The van der Waals surface area contributed by atoms with Gasteiger partial charge >= 0.3 is 6.95 Å². The van der Waals surface area contributed by atoms with Gasteiger partial charge in [0.15, 0.2) is 0 Å². The van der Waals surface area contributed by atoms with E-state index in [1.165, 1.54) is 0 Å². The number of alkyl halides is 2. The predicted octanol–water partition coefficient (Wildman–Crippen LogP) is 2.30. The highest BCUT2D eigenvalue weighted by molar-refractivity contribution is 7.81. The Kier molecular flexibility index (Phi) is 3.47. The normalized spacial score (nSPS) is 42.9. The van der Waals surface area contributed by atoms with E-state index in [-0.39, 0.29) is 6.61 Å². The van der Waals surface area contributed by atoms with E-state index in [0.29, 0.717) is 0 Å². The topological polar surface area (TPSA) is 35.5 Å². The van der Waals surface area contributed by atoms with E-state index in [1.54, 1.807) is 0 Å². The number of hydrogen-bond acceptors (Lipinski definition) is 3. The minimum Gasteiger partial charge on any atom is -0.296 e. The molecule has 0 aliphatic carbocycles. The fraction of sp³-hybridized carbons (Fsp3) is 1.00. The molecule has 0 radical (unpaired) electrons. The summed E-state index contributed by atoms with van der Waals surface area (Å²) in [6.07, 6.45) is -1.05. The highest BCUT2D eigenvalue weighted by Gasteiger charge is 2.38. The van der Waals surface area contributed by atoms with Crippen LogP contribution >= 0.6 is 18.2 Å². The van der Waals surface area contributed by atoms with Crippen LogP contribution in [0.25, 0.3) is 0 Å². The van der Waals surface area contributed by atoms with Crippen molar-refractivity contribution in [3.63, 3.8) is 0 Å². The number of halogens is 3. The van der Waals surface area contributed by atoms with Gasteiger partial charge in [-0.3, -0.25) is 13.4 Å². The van der Waals surface area contributed by atoms with E-state index in [1.807, 2.05) is 0 Å². The minimum atomic E-state index is -3.64. The van der Waals surface area contributed by atoms with Crippen LogP contribution in [0.2, 0.25) is 0 Å². The third-order valence-corrected chi connectivity index (χ3v) is 3.09. The smallest absolute Gasteiger partial charge is 0.296 e. The first-order valence-corrected chi connectivity index (χ1v) is 5.78. The van der Waals surface area contributed by atoms with Gasteiger partial charge in [0.25, 0.3) is 0 Å². The molecular weight excluding hydrogens is 212 g/mol. The van der Waals surface area contributed by atoms with Gasteiger partial charge in [0.1, 0.15) is 12.8 Å². The van der Waals surface area contributed by atoms with E-state index in [2.05, 4.69) is 9.05 Å². The fourth-order valence-electron chi connectivity index (χ4n) is 0.868. The Labute approximate surface area is 73.3 Å². The fourth-order valence-corrected chi connectivity index (χ4v) is 2.33. The maximum atomic E-state index is 12.1. The summed E-state index contributed by atoms with van der Waals surface area (Å²) in [5.74, 6) is -0.712. The highest BCUT2D eigenvalue weighted by atomic mass is 35.7.